The zero-order valence-corrected chi connectivity index (χ0v) is 13.9. The Bertz CT molecular complexity index is 765. The van der Waals surface area contributed by atoms with Gasteiger partial charge in [-0.15, -0.1) is 0 Å². The zero-order chi connectivity index (χ0) is 16.7. The molecule has 1 amide bonds. The van der Waals surface area contributed by atoms with Crippen LogP contribution in [0.3, 0.4) is 0 Å². The Morgan fingerprint density at radius 2 is 1.71 bits per heavy atom. The molecule has 0 aliphatic carbocycles. The van der Waals surface area contributed by atoms with Crippen LogP contribution in [-0.4, -0.2) is 19.1 Å². The molecule has 24 heavy (non-hydrogen) atoms. The first-order valence-electron chi connectivity index (χ1n) is 7.88. The molecule has 2 aliphatic heterocycles. The van der Waals surface area contributed by atoms with Crippen molar-refractivity contribution in [1.29, 1.82) is 0 Å². The molecule has 2 heterocycles. The van der Waals surface area contributed by atoms with Crippen molar-refractivity contribution in [2.75, 3.05) is 7.11 Å². The molecule has 3 N–H and O–H groups in total. The molecule has 4 rings (SSSR count). The second-order valence-corrected chi connectivity index (χ2v) is 6.57. The van der Waals surface area contributed by atoms with Gasteiger partial charge in [0.2, 0.25) is 5.91 Å². The lowest BCUT2D eigenvalue weighted by Gasteiger charge is -2.24. The summed E-state index contributed by atoms with van der Waals surface area (Å²) in [6.45, 7) is 0. The number of rotatable bonds is 3. The van der Waals surface area contributed by atoms with Crippen molar-refractivity contribution in [3.05, 3.63) is 64.7 Å². The highest BCUT2D eigenvalue weighted by Gasteiger charge is 2.51. The summed E-state index contributed by atoms with van der Waals surface area (Å²) in [7, 11) is 1.65. The van der Waals surface area contributed by atoms with Crippen molar-refractivity contribution in [3.8, 4) is 5.75 Å². The van der Waals surface area contributed by atoms with E-state index in [9.17, 15) is 4.79 Å². The summed E-state index contributed by atoms with van der Waals surface area (Å²) < 4.78 is 5.33. The lowest BCUT2D eigenvalue weighted by Crippen LogP contribution is -2.39. The molecule has 2 aromatic carbocycles. The SMILES string of the molecule is COc1cccc(C2NNC3C(=O)NC(c4ccc(Cl)cc4)C32)c1. The van der Waals surface area contributed by atoms with Crippen molar-refractivity contribution in [2.45, 2.75) is 18.1 Å². The quantitative estimate of drug-likeness (QED) is 0.800. The predicted molar refractivity (Wildman–Crippen MR) is 91.6 cm³/mol. The van der Waals surface area contributed by atoms with Crippen molar-refractivity contribution in [3.63, 3.8) is 0 Å². The third-order valence-corrected chi connectivity index (χ3v) is 5.06. The number of amides is 1. The summed E-state index contributed by atoms with van der Waals surface area (Å²) in [5, 5.41) is 3.79. The number of benzene rings is 2. The number of hydrogen-bond acceptors (Lipinski definition) is 4. The van der Waals surface area contributed by atoms with Crippen LogP contribution >= 0.6 is 11.6 Å². The standard InChI is InChI=1S/C18H18ClN3O2/c1-24-13-4-2-3-11(9-13)16-14-15(10-5-7-12(19)8-6-10)20-18(23)17(14)22-21-16/h2-9,14-17,21-22H,1H3,(H,20,23). The zero-order valence-electron chi connectivity index (χ0n) is 13.1. The second-order valence-electron chi connectivity index (χ2n) is 6.14. The Hall–Kier alpha value is -2.08. The minimum absolute atomic E-state index is 0.00438. The van der Waals surface area contributed by atoms with Gasteiger partial charge in [-0.2, -0.15) is 0 Å². The molecule has 0 spiro atoms. The van der Waals surface area contributed by atoms with E-state index in [1.807, 2.05) is 48.5 Å². The average Bonchev–Trinajstić information content (AvgIpc) is 3.17. The summed E-state index contributed by atoms with van der Waals surface area (Å²) in [6.07, 6.45) is 0. The molecule has 2 aromatic rings. The first-order valence-corrected chi connectivity index (χ1v) is 8.26. The smallest absolute Gasteiger partial charge is 0.239 e. The highest BCUT2D eigenvalue weighted by Crippen LogP contribution is 2.42. The molecule has 2 aliphatic rings. The summed E-state index contributed by atoms with van der Waals surface area (Å²) in [5.74, 6) is 0.877. The Balaban J connectivity index is 1.70. The molecule has 0 saturated carbocycles. The van der Waals surface area contributed by atoms with Gasteiger partial charge in [-0.1, -0.05) is 35.9 Å². The molecule has 5 nitrogen and oxygen atoms in total. The number of carbonyl (C=O) groups is 1. The first kappa shape index (κ1) is 15.4. The van der Waals surface area contributed by atoms with Gasteiger partial charge in [-0.3, -0.25) is 4.79 Å². The molecule has 6 heteroatoms. The minimum Gasteiger partial charge on any atom is -0.497 e. The van der Waals surface area contributed by atoms with Gasteiger partial charge in [0.1, 0.15) is 11.8 Å². The highest BCUT2D eigenvalue weighted by molar-refractivity contribution is 6.30. The van der Waals surface area contributed by atoms with E-state index in [0.717, 1.165) is 16.9 Å². The van der Waals surface area contributed by atoms with E-state index >= 15 is 0 Å². The number of hydrogen-bond donors (Lipinski definition) is 3. The van der Waals surface area contributed by atoms with E-state index < -0.39 is 0 Å². The molecule has 0 aromatic heterocycles. The summed E-state index contributed by atoms with van der Waals surface area (Å²) in [5.41, 5.74) is 8.55. The van der Waals surface area contributed by atoms with Gasteiger partial charge >= 0.3 is 0 Å². The van der Waals surface area contributed by atoms with Crippen LogP contribution < -0.4 is 20.9 Å². The van der Waals surface area contributed by atoms with Crippen molar-refractivity contribution in [1.82, 2.24) is 16.2 Å². The Labute approximate surface area is 145 Å². The van der Waals surface area contributed by atoms with E-state index in [1.165, 1.54) is 0 Å². The van der Waals surface area contributed by atoms with E-state index in [2.05, 4.69) is 16.2 Å². The van der Waals surface area contributed by atoms with Crippen LogP contribution in [0.2, 0.25) is 5.02 Å². The normalized spacial score (nSPS) is 28.5. The number of halogens is 1. The monoisotopic (exact) mass is 343 g/mol. The highest BCUT2D eigenvalue weighted by atomic mass is 35.5. The fourth-order valence-electron chi connectivity index (χ4n) is 3.65. The van der Waals surface area contributed by atoms with Crippen LogP contribution in [0.5, 0.6) is 5.75 Å². The van der Waals surface area contributed by atoms with Gasteiger partial charge in [0, 0.05) is 10.9 Å². The van der Waals surface area contributed by atoms with E-state index in [0.29, 0.717) is 5.02 Å². The molecule has 124 valence electrons. The van der Waals surface area contributed by atoms with E-state index in [4.69, 9.17) is 16.3 Å². The summed E-state index contributed by atoms with van der Waals surface area (Å²) in [6, 6.07) is 15.2. The molecule has 0 bridgehead atoms. The lowest BCUT2D eigenvalue weighted by molar-refractivity contribution is -0.121. The Morgan fingerprint density at radius 1 is 0.958 bits per heavy atom. The Morgan fingerprint density at radius 3 is 2.46 bits per heavy atom. The fourth-order valence-corrected chi connectivity index (χ4v) is 3.77. The van der Waals surface area contributed by atoms with Crippen LogP contribution in [0.4, 0.5) is 0 Å². The van der Waals surface area contributed by atoms with Crippen molar-refractivity contribution >= 4 is 17.5 Å². The number of nitrogens with one attached hydrogen (secondary N) is 3. The van der Waals surface area contributed by atoms with Crippen molar-refractivity contribution in [2.24, 2.45) is 5.92 Å². The third-order valence-electron chi connectivity index (χ3n) is 4.81. The van der Waals surface area contributed by atoms with Crippen LogP contribution in [0.15, 0.2) is 48.5 Å². The van der Waals surface area contributed by atoms with Gasteiger partial charge in [0.15, 0.2) is 0 Å². The van der Waals surface area contributed by atoms with Gasteiger partial charge in [-0.25, -0.2) is 10.9 Å². The Kier molecular flexibility index (Phi) is 3.92. The topological polar surface area (TPSA) is 62.4 Å². The van der Waals surface area contributed by atoms with Crippen LogP contribution in [0, 0.1) is 5.92 Å². The van der Waals surface area contributed by atoms with Gasteiger partial charge in [-0.05, 0) is 35.4 Å². The number of carbonyl (C=O) groups excluding carboxylic acids is 1. The van der Waals surface area contributed by atoms with E-state index in [1.54, 1.807) is 7.11 Å². The largest absolute Gasteiger partial charge is 0.497 e. The molecule has 4 unspecified atom stereocenters. The molecular weight excluding hydrogens is 326 g/mol. The molecule has 0 radical (unpaired) electrons. The molecule has 2 fully saturated rings. The van der Waals surface area contributed by atoms with Gasteiger partial charge in [0.25, 0.3) is 0 Å². The van der Waals surface area contributed by atoms with Gasteiger partial charge < -0.3 is 10.1 Å². The molecule has 4 atom stereocenters. The van der Waals surface area contributed by atoms with Crippen molar-refractivity contribution < 1.29 is 9.53 Å². The maximum absolute atomic E-state index is 12.3. The molecule has 2 saturated heterocycles. The third kappa shape index (κ3) is 2.55. The van der Waals surface area contributed by atoms with Crippen LogP contribution in [0.1, 0.15) is 23.2 Å². The van der Waals surface area contributed by atoms with Crippen LogP contribution in [-0.2, 0) is 4.79 Å². The second kappa shape index (κ2) is 6.09. The van der Waals surface area contributed by atoms with Crippen LogP contribution in [0.25, 0.3) is 0 Å². The number of ether oxygens (including phenoxy) is 1. The van der Waals surface area contributed by atoms with E-state index in [-0.39, 0.29) is 30.0 Å². The number of hydrazine groups is 1. The molecular formula is C18H18ClN3O2. The number of fused-ring (bicyclic) bond motifs is 1. The number of methoxy groups -OCH3 is 1. The lowest BCUT2D eigenvalue weighted by atomic mass is 9.83. The summed E-state index contributed by atoms with van der Waals surface area (Å²) in [4.78, 5) is 12.3. The first-order chi connectivity index (χ1) is 11.7. The fraction of sp³-hybridized carbons (Fsp3) is 0.278. The maximum atomic E-state index is 12.3. The maximum Gasteiger partial charge on any atom is 0.239 e. The average molecular weight is 344 g/mol. The minimum atomic E-state index is -0.262. The predicted octanol–water partition coefficient (Wildman–Crippen LogP) is 2.35. The summed E-state index contributed by atoms with van der Waals surface area (Å²) >= 11 is 5.99. The van der Waals surface area contributed by atoms with Gasteiger partial charge in [0.05, 0.1) is 19.2 Å².